The summed E-state index contributed by atoms with van der Waals surface area (Å²) in [5.74, 6) is -1.17. The zero-order chi connectivity index (χ0) is 20.0. The predicted molar refractivity (Wildman–Crippen MR) is 101 cm³/mol. The number of carbonyl (C=O) groups is 2. The summed E-state index contributed by atoms with van der Waals surface area (Å²) < 4.78 is 0. The Balaban J connectivity index is 1.98. The number of aryl methyl sites for hydroxylation is 2. The SMILES string of the molecule is Cc1ccc(C(C=O)NCCNC(C(=O)O)c2ccc(C)cc2O)c(O)c1. The van der Waals surface area contributed by atoms with Crippen LogP contribution in [-0.4, -0.2) is 40.7 Å². The zero-order valence-electron chi connectivity index (χ0n) is 15.3. The first-order chi connectivity index (χ1) is 12.8. The molecule has 2 aromatic carbocycles. The van der Waals surface area contributed by atoms with Gasteiger partial charge in [0.15, 0.2) is 0 Å². The number of aldehydes is 1. The van der Waals surface area contributed by atoms with Gasteiger partial charge >= 0.3 is 5.97 Å². The number of aliphatic carboxylic acids is 1. The maximum atomic E-state index is 11.5. The summed E-state index contributed by atoms with van der Waals surface area (Å²) in [6, 6.07) is 8.08. The van der Waals surface area contributed by atoms with Gasteiger partial charge < -0.3 is 25.4 Å². The molecular weight excluding hydrogens is 348 g/mol. The van der Waals surface area contributed by atoms with Crippen molar-refractivity contribution in [2.24, 2.45) is 0 Å². The fraction of sp³-hybridized carbons (Fsp3) is 0.300. The van der Waals surface area contributed by atoms with Crippen LogP contribution in [0, 0.1) is 13.8 Å². The van der Waals surface area contributed by atoms with E-state index in [9.17, 15) is 24.9 Å². The smallest absolute Gasteiger partial charge is 0.325 e. The van der Waals surface area contributed by atoms with Crippen molar-refractivity contribution in [3.8, 4) is 11.5 Å². The predicted octanol–water partition coefficient (Wildman–Crippen LogP) is 1.96. The van der Waals surface area contributed by atoms with Crippen LogP contribution >= 0.6 is 0 Å². The van der Waals surface area contributed by atoms with Crippen molar-refractivity contribution in [1.29, 1.82) is 0 Å². The second-order valence-electron chi connectivity index (χ2n) is 6.42. The van der Waals surface area contributed by atoms with Gasteiger partial charge in [0.1, 0.15) is 23.8 Å². The number of benzene rings is 2. The third-order valence-electron chi connectivity index (χ3n) is 4.24. The number of rotatable bonds is 9. The van der Waals surface area contributed by atoms with E-state index in [1.54, 1.807) is 37.3 Å². The van der Waals surface area contributed by atoms with Crippen molar-refractivity contribution < 1.29 is 24.9 Å². The number of phenols is 2. The van der Waals surface area contributed by atoms with Crippen LogP contribution in [0.4, 0.5) is 0 Å². The lowest BCUT2D eigenvalue weighted by Gasteiger charge is -2.18. The minimum absolute atomic E-state index is 0.0283. The summed E-state index contributed by atoms with van der Waals surface area (Å²) in [7, 11) is 0. The number of carboxylic acid groups (broad SMARTS) is 1. The Morgan fingerprint density at radius 1 is 0.963 bits per heavy atom. The molecule has 0 aliphatic carbocycles. The molecule has 0 amide bonds. The van der Waals surface area contributed by atoms with Crippen molar-refractivity contribution in [3.63, 3.8) is 0 Å². The van der Waals surface area contributed by atoms with Gasteiger partial charge in [-0.3, -0.25) is 10.1 Å². The molecule has 0 aliphatic rings. The molecule has 0 bridgehead atoms. The maximum absolute atomic E-state index is 11.5. The minimum Gasteiger partial charge on any atom is -0.508 e. The average molecular weight is 372 g/mol. The molecule has 0 saturated carbocycles. The van der Waals surface area contributed by atoms with E-state index in [1.165, 1.54) is 6.07 Å². The molecule has 0 fully saturated rings. The first-order valence-corrected chi connectivity index (χ1v) is 8.57. The van der Waals surface area contributed by atoms with Crippen molar-refractivity contribution in [3.05, 3.63) is 58.7 Å². The summed E-state index contributed by atoms with van der Waals surface area (Å²) in [6.07, 6.45) is 0.685. The second-order valence-corrected chi connectivity index (χ2v) is 6.42. The number of carbonyl (C=O) groups excluding carboxylic acids is 1. The molecule has 7 heteroatoms. The van der Waals surface area contributed by atoms with E-state index in [-0.39, 0.29) is 30.2 Å². The summed E-state index contributed by atoms with van der Waals surface area (Å²) in [5.41, 5.74) is 2.44. The highest BCUT2D eigenvalue weighted by molar-refractivity contribution is 5.76. The van der Waals surface area contributed by atoms with Crippen molar-refractivity contribution in [2.75, 3.05) is 13.1 Å². The number of hydrogen-bond donors (Lipinski definition) is 5. The van der Waals surface area contributed by atoms with Crippen LogP contribution in [0.1, 0.15) is 34.3 Å². The van der Waals surface area contributed by atoms with Crippen LogP contribution in [0.15, 0.2) is 36.4 Å². The van der Waals surface area contributed by atoms with Crippen LogP contribution in [0.25, 0.3) is 0 Å². The molecule has 5 N–H and O–H groups in total. The minimum atomic E-state index is -1.11. The zero-order valence-corrected chi connectivity index (χ0v) is 15.3. The second kappa shape index (κ2) is 9.16. The molecule has 2 atom stereocenters. The lowest BCUT2D eigenvalue weighted by molar-refractivity contribution is -0.139. The van der Waals surface area contributed by atoms with Crippen LogP contribution in [-0.2, 0) is 9.59 Å². The van der Waals surface area contributed by atoms with Crippen LogP contribution in [0.3, 0.4) is 0 Å². The summed E-state index contributed by atoms with van der Waals surface area (Å²) >= 11 is 0. The van der Waals surface area contributed by atoms with E-state index in [1.807, 2.05) is 6.92 Å². The van der Waals surface area contributed by atoms with E-state index in [0.717, 1.165) is 11.1 Å². The Morgan fingerprint density at radius 2 is 1.48 bits per heavy atom. The molecule has 2 unspecified atom stereocenters. The van der Waals surface area contributed by atoms with Gasteiger partial charge in [0, 0.05) is 24.2 Å². The first-order valence-electron chi connectivity index (χ1n) is 8.57. The molecule has 0 spiro atoms. The molecular formula is C20H24N2O5. The third-order valence-corrected chi connectivity index (χ3v) is 4.24. The molecule has 0 radical (unpaired) electrons. The van der Waals surface area contributed by atoms with Gasteiger partial charge in [0.05, 0.1) is 6.04 Å². The fourth-order valence-corrected chi connectivity index (χ4v) is 2.82. The standard InChI is InChI=1S/C20H24N2O5/c1-12-3-5-14(17(24)9-12)16(11-23)21-7-8-22-19(20(26)27)15-6-4-13(2)10-18(15)25/h3-6,9-11,16,19,21-22,24-25H,7-8H2,1-2H3,(H,26,27). The molecule has 0 aliphatic heterocycles. The maximum Gasteiger partial charge on any atom is 0.325 e. The molecule has 2 rings (SSSR count). The number of hydrogen-bond acceptors (Lipinski definition) is 6. The Bertz CT molecular complexity index is 822. The highest BCUT2D eigenvalue weighted by atomic mass is 16.4. The van der Waals surface area contributed by atoms with Crippen LogP contribution < -0.4 is 10.6 Å². The molecule has 7 nitrogen and oxygen atoms in total. The number of aromatic hydroxyl groups is 2. The monoisotopic (exact) mass is 372 g/mol. The van der Waals surface area contributed by atoms with Gasteiger partial charge in [0.2, 0.25) is 0 Å². The van der Waals surface area contributed by atoms with E-state index in [4.69, 9.17) is 0 Å². The largest absolute Gasteiger partial charge is 0.508 e. The van der Waals surface area contributed by atoms with Gasteiger partial charge in [-0.25, -0.2) is 0 Å². The highest BCUT2D eigenvalue weighted by Crippen LogP contribution is 2.26. The normalized spacial score (nSPS) is 13.1. The van der Waals surface area contributed by atoms with Gasteiger partial charge in [-0.05, 0) is 37.1 Å². The Morgan fingerprint density at radius 3 is 1.96 bits per heavy atom. The summed E-state index contributed by atoms with van der Waals surface area (Å²) in [4.78, 5) is 22.9. The number of carboxylic acids is 1. The van der Waals surface area contributed by atoms with Crippen molar-refractivity contribution in [1.82, 2.24) is 10.6 Å². The van der Waals surface area contributed by atoms with Gasteiger partial charge in [-0.2, -0.15) is 0 Å². The Kier molecular flexibility index (Phi) is 6.92. The first kappa shape index (κ1) is 20.4. The highest BCUT2D eigenvalue weighted by Gasteiger charge is 2.22. The van der Waals surface area contributed by atoms with E-state index < -0.39 is 18.1 Å². The van der Waals surface area contributed by atoms with Crippen LogP contribution in [0.2, 0.25) is 0 Å². The van der Waals surface area contributed by atoms with E-state index in [0.29, 0.717) is 11.8 Å². The van der Waals surface area contributed by atoms with Gasteiger partial charge in [-0.1, -0.05) is 24.3 Å². The fourth-order valence-electron chi connectivity index (χ4n) is 2.82. The van der Waals surface area contributed by atoms with Crippen molar-refractivity contribution in [2.45, 2.75) is 25.9 Å². The summed E-state index contributed by atoms with van der Waals surface area (Å²) in [5, 5.41) is 35.2. The molecule has 0 saturated heterocycles. The average Bonchev–Trinajstić information content (AvgIpc) is 2.60. The lowest BCUT2D eigenvalue weighted by atomic mass is 10.0. The lowest BCUT2D eigenvalue weighted by Crippen LogP contribution is -2.35. The molecule has 0 aromatic heterocycles. The molecule has 27 heavy (non-hydrogen) atoms. The van der Waals surface area contributed by atoms with Gasteiger partial charge in [-0.15, -0.1) is 0 Å². The molecule has 144 valence electrons. The van der Waals surface area contributed by atoms with Gasteiger partial charge in [0.25, 0.3) is 0 Å². The van der Waals surface area contributed by atoms with Crippen molar-refractivity contribution >= 4 is 12.3 Å². The van der Waals surface area contributed by atoms with Crippen LogP contribution in [0.5, 0.6) is 11.5 Å². The topological polar surface area (TPSA) is 119 Å². The molecule has 0 heterocycles. The molecule has 2 aromatic rings. The number of phenolic OH excluding ortho intramolecular Hbond substituents is 2. The Labute approximate surface area is 157 Å². The van der Waals surface area contributed by atoms with E-state index in [2.05, 4.69) is 10.6 Å². The number of nitrogens with one attached hydrogen (secondary N) is 2. The quantitative estimate of drug-likeness (QED) is 0.337. The summed E-state index contributed by atoms with van der Waals surface area (Å²) in [6.45, 7) is 4.16. The third kappa shape index (κ3) is 5.29. The van der Waals surface area contributed by atoms with E-state index >= 15 is 0 Å². The Hall–Kier alpha value is -2.90.